The molecule has 0 saturated carbocycles. The molecule has 1 heterocycles. The van der Waals surface area contributed by atoms with Gasteiger partial charge < -0.3 is 19.5 Å². The van der Waals surface area contributed by atoms with Gasteiger partial charge in [-0.3, -0.25) is 9.59 Å². The van der Waals surface area contributed by atoms with Crippen LogP contribution in [0.25, 0.3) is 0 Å². The van der Waals surface area contributed by atoms with Gasteiger partial charge in [-0.25, -0.2) is 10.2 Å². The summed E-state index contributed by atoms with van der Waals surface area (Å²) in [7, 11) is 0. The summed E-state index contributed by atoms with van der Waals surface area (Å²) in [6, 6.07) is 21.9. The summed E-state index contributed by atoms with van der Waals surface area (Å²) >= 11 is 1.32. The Bertz CT molecular complexity index is 1630. The van der Waals surface area contributed by atoms with Crippen molar-refractivity contribution in [3.63, 3.8) is 0 Å². The lowest BCUT2D eigenvalue weighted by Crippen LogP contribution is -2.33. The summed E-state index contributed by atoms with van der Waals surface area (Å²) < 4.78 is 16.7. The van der Waals surface area contributed by atoms with Crippen LogP contribution >= 0.6 is 11.3 Å². The van der Waals surface area contributed by atoms with Crippen molar-refractivity contribution in [1.82, 2.24) is 5.43 Å². The first-order valence-corrected chi connectivity index (χ1v) is 14.9. The number of hydrogen-bond donors (Lipinski definition) is 2. The van der Waals surface area contributed by atoms with Gasteiger partial charge in [0, 0.05) is 10.4 Å². The molecular weight excluding hydrogens is 578 g/mol. The van der Waals surface area contributed by atoms with Gasteiger partial charge in [-0.05, 0) is 99.8 Å². The summed E-state index contributed by atoms with van der Waals surface area (Å²) in [6.07, 6.45) is 0.694. The van der Waals surface area contributed by atoms with Crippen LogP contribution in [0.2, 0.25) is 0 Å². The van der Waals surface area contributed by atoms with E-state index in [0.29, 0.717) is 28.5 Å². The van der Waals surface area contributed by atoms with Crippen molar-refractivity contribution >= 4 is 40.3 Å². The van der Waals surface area contributed by atoms with Crippen LogP contribution in [0.1, 0.15) is 61.7 Å². The summed E-state index contributed by atoms with van der Waals surface area (Å²) in [6.45, 7) is 9.80. The number of carbonyl (C=O) groups excluding carboxylic acids is 3. The van der Waals surface area contributed by atoms with Gasteiger partial charge in [0.1, 0.15) is 23.1 Å². The number of aryl methyl sites for hydroxylation is 2. The summed E-state index contributed by atoms with van der Waals surface area (Å²) in [4.78, 5) is 38.7. The highest BCUT2D eigenvalue weighted by Crippen LogP contribution is 2.33. The molecule has 2 N–H and O–H groups in total. The van der Waals surface area contributed by atoms with Gasteiger partial charge in [0.05, 0.1) is 18.4 Å². The van der Waals surface area contributed by atoms with E-state index in [0.717, 1.165) is 27.3 Å². The zero-order valence-electron chi connectivity index (χ0n) is 25.3. The summed E-state index contributed by atoms with van der Waals surface area (Å²) in [5.74, 6) is -0.146. The molecular formula is C34H35N3O6S. The molecule has 44 heavy (non-hydrogen) atoms. The minimum atomic E-state index is -0.839. The van der Waals surface area contributed by atoms with E-state index in [-0.39, 0.29) is 12.5 Å². The van der Waals surface area contributed by atoms with Gasteiger partial charge in [-0.15, -0.1) is 11.3 Å². The maximum absolute atomic E-state index is 12.9. The van der Waals surface area contributed by atoms with Crippen molar-refractivity contribution in [1.29, 1.82) is 0 Å². The molecule has 3 aromatic carbocycles. The second-order valence-electron chi connectivity index (χ2n) is 10.0. The van der Waals surface area contributed by atoms with Crippen molar-refractivity contribution in [3.05, 3.63) is 111 Å². The number of anilines is 1. The maximum atomic E-state index is 12.9. The zero-order chi connectivity index (χ0) is 31.6. The number of ether oxygens (including phenoxy) is 3. The predicted molar refractivity (Wildman–Crippen MR) is 172 cm³/mol. The molecule has 0 aliphatic carbocycles. The third-order valence-corrected chi connectivity index (χ3v) is 7.81. The SMILES string of the molecule is CCOC(=O)c1c(NC(=O)c2ccc(O[C@H](C)C(=O)N/N=C\c3ccc(OCc4ccc(C)cc4)cc3)cc2)sc(C)c1C. The number of rotatable bonds is 12. The fourth-order valence-corrected chi connectivity index (χ4v) is 5.09. The molecule has 0 unspecified atom stereocenters. The number of esters is 1. The van der Waals surface area contributed by atoms with Crippen LogP contribution in [-0.4, -0.2) is 36.7 Å². The van der Waals surface area contributed by atoms with Crippen LogP contribution in [0.4, 0.5) is 5.00 Å². The lowest BCUT2D eigenvalue weighted by atomic mass is 10.1. The lowest BCUT2D eigenvalue weighted by molar-refractivity contribution is -0.127. The standard InChI is InChI=1S/C34H35N3O6S/c1-6-41-34(40)30-22(3)24(5)44-33(30)36-32(39)27-13-17-29(18-14-27)43-23(4)31(38)37-35-19-25-11-15-28(16-12-25)42-20-26-9-7-21(2)8-10-26/h7-19,23H,6,20H2,1-5H3,(H,36,39)(H,37,38)/b35-19-/t23-/m1/s1. The Morgan fingerprint density at radius 1 is 0.909 bits per heavy atom. The number of hydrazone groups is 1. The van der Waals surface area contributed by atoms with E-state index in [1.807, 2.05) is 57.2 Å². The van der Waals surface area contributed by atoms with E-state index in [1.165, 1.54) is 23.1 Å². The Labute approximate surface area is 260 Å². The Kier molecular flexibility index (Phi) is 10.9. The van der Waals surface area contributed by atoms with Crippen LogP contribution in [0.15, 0.2) is 77.9 Å². The van der Waals surface area contributed by atoms with Gasteiger partial charge in [0.2, 0.25) is 0 Å². The molecule has 0 aliphatic rings. The van der Waals surface area contributed by atoms with Gasteiger partial charge in [-0.1, -0.05) is 29.8 Å². The molecule has 0 radical (unpaired) electrons. The lowest BCUT2D eigenvalue weighted by Gasteiger charge is -2.13. The van der Waals surface area contributed by atoms with Crippen molar-refractivity contribution in [3.8, 4) is 11.5 Å². The van der Waals surface area contributed by atoms with Crippen molar-refractivity contribution < 1.29 is 28.6 Å². The minimum Gasteiger partial charge on any atom is -0.489 e. The van der Waals surface area contributed by atoms with E-state index in [2.05, 4.69) is 28.0 Å². The highest BCUT2D eigenvalue weighted by molar-refractivity contribution is 7.16. The largest absolute Gasteiger partial charge is 0.489 e. The summed E-state index contributed by atoms with van der Waals surface area (Å²) in [5.41, 5.74) is 7.07. The van der Waals surface area contributed by atoms with Crippen molar-refractivity contribution in [2.45, 2.75) is 47.3 Å². The fraction of sp³-hybridized carbons (Fsp3) is 0.235. The molecule has 1 atom stereocenters. The number of nitrogens with zero attached hydrogens (tertiary/aromatic N) is 1. The van der Waals surface area contributed by atoms with E-state index >= 15 is 0 Å². The zero-order valence-corrected chi connectivity index (χ0v) is 26.1. The molecule has 2 amide bonds. The normalized spacial score (nSPS) is 11.6. The molecule has 0 saturated heterocycles. The maximum Gasteiger partial charge on any atom is 0.341 e. The number of nitrogens with one attached hydrogen (secondary N) is 2. The first-order chi connectivity index (χ1) is 21.1. The molecule has 0 bridgehead atoms. The second-order valence-corrected chi connectivity index (χ2v) is 11.2. The summed E-state index contributed by atoms with van der Waals surface area (Å²) in [5, 5.41) is 7.27. The quantitative estimate of drug-likeness (QED) is 0.106. The molecule has 4 rings (SSSR count). The minimum absolute atomic E-state index is 0.240. The second kappa shape index (κ2) is 15.0. The van der Waals surface area contributed by atoms with Crippen LogP contribution < -0.4 is 20.2 Å². The monoisotopic (exact) mass is 613 g/mol. The van der Waals surface area contributed by atoms with Gasteiger partial charge in [0.25, 0.3) is 11.8 Å². The van der Waals surface area contributed by atoms with E-state index in [1.54, 1.807) is 38.1 Å². The van der Waals surface area contributed by atoms with Crippen LogP contribution in [0.5, 0.6) is 11.5 Å². The smallest absolute Gasteiger partial charge is 0.341 e. The van der Waals surface area contributed by atoms with Gasteiger partial charge in [0.15, 0.2) is 6.10 Å². The first-order valence-electron chi connectivity index (χ1n) is 14.1. The fourth-order valence-electron chi connectivity index (χ4n) is 4.04. The average Bonchev–Trinajstić information content (AvgIpc) is 3.29. The highest BCUT2D eigenvalue weighted by Gasteiger charge is 2.22. The van der Waals surface area contributed by atoms with Crippen LogP contribution in [0, 0.1) is 20.8 Å². The van der Waals surface area contributed by atoms with Gasteiger partial charge in [-0.2, -0.15) is 5.10 Å². The van der Waals surface area contributed by atoms with Crippen molar-refractivity contribution in [2.24, 2.45) is 5.10 Å². The first kappa shape index (κ1) is 32.0. The topological polar surface area (TPSA) is 115 Å². The Morgan fingerprint density at radius 2 is 1.57 bits per heavy atom. The number of thiophene rings is 1. The molecule has 228 valence electrons. The van der Waals surface area contributed by atoms with Gasteiger partial charge >= 0.3 is 5.97 Å². The highest BCUT2D eigenvalue weighted by atomic mass is 32.1. The average molecular weight is 614 g/mol. The molecule has 4 aromatic rings. The van der Waals surface area contributed by atoms with E-state index < -0.39 is 18.0 Å². The van der Waals surface area contributed by atoms with Crippen LogP contribution in [-0.2, 0) is 16.1 Å². The number of benzene rings is 3. The molecule has 10 heteroatoms. The molecule has 1 aromatic heterocycles. The number of carbonyl (C=O) groups is 3. The Balaban J connectivity index is 1.25. The molecule has 0 fully saturated rings. The van der Waals surface area contributed by atoms with E-state index in [4.69, 9.17) is 14.2 Å². The number of amides is 2. The molecule has 0 spiro atoms. The van der Waals surface area contributed by atoms with Crippen molar-refractivity contribution in [2.75, 3.05) is 11.9 Å². The Morgan fingerprint density at radius 3 is 2.23 bits per heavy atom. The molecule has 9 nitrogen and oxygen atoms in total. The predicted octanol–water partition coefficient (Wildman–Crippen LogP) is 6.60. The molecule has 0 aliphatic heterocycles. The third kappa shape index (κ3) is 8.54. The third-order valence-electron chi connectivity index (χ3n) is 6.69. The number of hydrogen-bond acceptors (Lipinski definition) is 8. The van der Waals surface area contributed by atoms with E-state index in [9.17, 15) is 14.4 Å². The Hall–Kier alpha value is -4.96. The van der Waals surface area contributed by atoms with Crippen LogP contribution in [0.3, 0.4) is 0 Å².